The van der Waals surface area contributed by atoms with E-state index in [1.165, 1.54) is 17.5 Å². The van der Waals surface area contributed by atoms with Crippen LogP contribution in [0, 0.1) is 0 Å². The zero-order valence-electron chi connectivity index (χ0n) is 18.8. The predicted octanol–water partition coefficient (Wildman–Crippen LogP) is 5.44. The van der Waals surface area contributed by atoms with Crippen LogP contribution in [0.5, 0.6) is 0 Å². The minimum atomic E-state index is -0.0779. The third-order valence-electron chi connectivity index (χ3n) is 6.59. The Hall–Kier alpha value is -3.05. The van der Waals surface area contributed by atoms with Crippen molar-refractivity contribution in [2.75, 3.05) is 5.75 Å². The van der Waals surface area contributed by atoms with E-state index in [0.717, 1.165) is 29.5 Å². The van der Waals surface area contributed by atoms with Crippen LogP contribution < -0.4 is 5.32 Å². The number of carbonyl (C=O) groups excluding carboxylic acids is 2. The van der Waals surface area contributed by atoms with Gasteiger partial charge in [-0.05, 0) is 66.1 Å². The van der Waals surface area contributed by atoms with Crippen molar-refractivity contribution in [3.05, 3.63) is 106 Å². The average Bonchev–Trinajstić information content (AvgIpc) is 3.46. The predicted molar refractivity (Wildman–Crippen MR) is 133 cm³/mol. The first-order chi connectivity index (χ1) is 16.1. The van der Waals surface area contributed by atoms with E-state index in [0.29, 0.717) is 17.9 Å². The number of carbonyl (C=O) groups is 2. The third kappa shape index (κ3) is 4.69. The van der Waals surface area contributed by atoms with Crippen LogP contribution in [0.15, 0.2) is 72.8 Å². The maximum absolute atomic E-state index is 12.9. The number of aryl methyl sites for hydroxylation is 2. The lowest BCUT2D eigenvalue weighted by Gasteiger charge is -2.24. The van der Waals surface area contributed by atoms with Crippen molar-refractivity contribution in [1.29, 1.82) is 0 Å². The molecule has 0 aromatic heterocycles. The highest BCUT2D eigenvalue weighted by atomic mass is 32.2. The van der Waals surface area contributed by atoms with E-state index >= 15 is 0 Å². The molecule has 1 fully saturated rings. The Kier molecular flexibility index (Phi) is 6.23. The molecule has 0 radical (unpaired) electrons. The first-order valence-corrected chi connectivity index (χ1v) is 12.6. The standard InChI is InChI=1S/C28H28N2O2S/c1-19(24-15-10-21-8-5-9-25(21)16-24)29-27(32)22-11-13-23(14-12-22)28-30(26(31)18-33-28)17-20-6-3-2-4-7-20/h2-4,6-7,10-16,19,28H,5,8-9,17-18H2,1H3,(H,29,32)/t19-,28-/m1/s1. The molecule has 1 aliphatic heterocycles. The first kappa shape index (κ1) is 21.8. The number of fused-ring (bicyclic) bond motifs is 1. The molecule has 0 bridgehead atoms. The second-order valence-electron chi connectivity index (χ2n) is 8.87. The summed E-state index contributed by atoms with van der Waals surface area (Å²) in [6.45, 7) is 2.63. The second-order valence-corrected chi connectivity index (χ2v) is 9.94. The molecule has 1 N–H and O–H groups in total. The van der Waals surface area contributed by atoms with Crippen molar-refractivity contribution < 1.29 is 9.59 Å². The van der Waals surface area contributed by atoms with Crippen LogP contribution in [0.2, 0.25) is 0 Å². The highest BCUT2D eigenvalue weighted by molar-refractivity contribution is 8.00. The zero-order valence-corrected chi connectivity index (χ0v) is 19.6. The molecule has 5 heteroatoms. The molecule has 168 valence electrons. The maximum atomic E-state index is 12.9. The van der Waals surface area contributed by atoms with Gasteiger partial charge in [-0.15, -0.1) is 11.8 Å². The fourth-order valence-corrected chi connectivity index (χ4v) is 5.89. The van der Waals surface area contributed by atoms with Gasteiger partial charge in [0.1, 0.15) is 5.37 Å². The molecule has 4 nitrogen and oxygen atoms in total. The van der Waals surface area contributed by atoms with Gasteiger partial charge in [-0.25, -0.2) is 0 Å². The van der Waals surface area contributed by atoms with Gasteiger partial charge in [0.2, 0.25) is 5.91 Å². The van der Waals surface area contributed by atoms with Gasteiger partial charge < -0.3 is 10.2 Å². The van der Waals surface area contributed by atoms with Crippen LogP contribution in [0.3, 0.4) is 0 Å². The molecule has 1 heterocycles. The van der Waals surface area contributed by atoms with Crippen LogP contribution in [0.1, 0.15) is 62.9 Å². The Morgan fingerprint density at radius 1 is 1.03 bits per heavy atom. The number of benzene rings is 3. The molecule has 1 aliphatic carbocycles. The molecule has 0 spiro atoms. The second kappa shape index (κ2) is 9.44. The fourth-order valence-electron chi connectivity index (χ4n) is 4.70. The van der Waals surface area contributed by atoms with Gasteiger partial charge in [-0.1, -0.05) is 60.7 Å². The van der Waals surface area contributed by atoms with Gasteiger partial charge in [0.15, 0.2) is 0 Å². The zero-order chi connectivity index (χ0) is 22.8. The van der Waals surface area contributed by atoms with Gasteiger partial charge in [-0.3, -0.25) is 9.59 Å². The van der Waals surface area contributed by atoms with Crippen molar-refractivity contribution in [2.45, 2.75) is 44.1 Å². The normalized spacial score (nSPS) is 18.3. The molecule has 0 saturated carbocycles. The highest BCUT2D eigenvalue weighted by Crippen LogP contribution is 2.39. The van der Waals surface area contributed by atoms with Crippen molar-refractivity contribution in [2.24, 2.45) is 0 Å². The summed E-state index contributed by atoms with van der Waals surface area (Å²) >= 11 is 1.64. The SMILES string of the molecule is C[C@@H](NC(=O)c1ccc([C@H]2SCC(=O)N2Cc2ccccc2)cc1)c1ccc2c(c1)CCC2. The molecule has 33 heavy (non-hydrogen) atoms. The van der Waals surface area contributed by atoms with E-state index in [1.54, 1.807) is 11.8 Å². The van der Waals surface area contributed by atoms with E-state index in [9.17, 15) is 9.59 Å². The quantitative estimate of drug-likeness (QED) is 0.537. The number of amides is 2. The number of hydrogen-bond donors (Lipinski definition) is 1. The van der Waals surface area contributed by atoms with Crippen LogP contribution >= 0.6 is 11.8 Å². The monoisotopic (exact) mass is 456 g/mol. The van der Waals surface area contributed by atoms with Gasteiger partial charge in [0, 0.05) is 12.1 Å². The Morgan fingerprint density at radius 2 is 1.79 bits per heavy atom. The average molecular weight is 457 g/mol. The molecule has 2 amide bonds. The molecule has 5 rings (SSSR count). The highest BCUT2D eigenvalue weighted by Gasteiger charge is 2.32. The summed E-state index contributed by atoms with van der Waals surface area (Å²) in [5.74, 6) is 0.558. The lowest BCUT2D eigenvalue weighted by atomic mass is 10.0. The van der Waals surface area contributed by atoms with E-state index in [-0.39, 0.29) is 23.2 Å². The van der Waals surface area contributed by atoms with Gasteiger partial charge in [0.25, 0.3) is 5.91 Å². The van der Waals surface area contributed by atoms with Crippen molar-refractivity contribution in [1.82, 2.24) is 10.2 Å². The minimum absolute atomic E-state index is 0.0276. The molecule has 3 aromatic rings. The van der Waals surface area contributed by atoms with Crippen LogP contribution in [-0.2, 0) is 24.2 Å². The van der Waals surface area contributed by atoms with Gasteiger partial charge in [0.05, 0.1) is 11.8 Å². The number of hydrogen-bond acceptors (Lipinski definition) is 3. The summed E-state index contributed by atoms with van der Waals surface area (Å²) in [5.41, 5.74) is 6.81. The van der Waals surface area contributed by atoms with Crippen molar-refractivity contribution >= 4 is 23.6 Å². The van der Waals surface area contributed by atoms with Crippen LogP contribution in [0.4, 0.5) is 0 Å². The molecular formula is C28H28N2O2S. The number of nitrogens with zero attached hydrogens (tertiary/aromatic N) is 1. The molecular weight excluding hydrogens is 428 g/mol. The van der Waals surface area contributed by atoms with Gasteiger partial charge in [-0.2, -0.15) is 0 Å². The Labute approximate surface area is 199 Å². The number of rotatable bonds is 6. The minimum Gasteiger partial charge on any atom is -0.346 e. The summed E-state index contributed by atoms with van der Waals surface area (Å²) in [7, 11) is 0. The topological polar surface area (TPSA) is 49.4 Å². The molecule has 0 unspecified atom stereocenters. The van der Waals surface area contributed by atoms with E-state index in [4.69, 9.17) is 0 Å². The van der Waals surface area contributed by atoms with Gasteiger partial charge >= 0.3 is 0 Å². The lowest BCUT2D eigenvalue weighted by Crippen LogP contribution is -2.28. The van der Waals surface area contributed by atoms with E-state index in [1.807, 2.05) is 66.4 Å². The molecule has 2 atom stereocenters. The molecule has 1 saturated heterocycles. The number of thioether (sulfide) groups is 1. The van der Waals surface area contributed by atoms with Crippen molar-refractivity contribution in [3.8, 4) is 0 Å². The summed E-state index contributed by atoms with van der Waals surface area (Å²) in [6, 6.07) is 24.3. The number of nitrogens with one attached hydrogen (secondary N) is 1. The first-order valence-electron chi connectivity index (χ1n) is 11.6. The lowest BCUT2D eigenvalue weighted by molar-refractivity contribution is -0.128. The Bertz CT molecular complexity index is 1160. The summed E-state index contributed by atoms with van der Waals surface area (Å²) in [6.07, 6.45) is 3.52. The summed E-state index contributed by atoms with van der Waals surface area (Å²) < 4.78 is 0. The fraction of sp³-hybridized carbons (Fsp3) is 0.286. The third-order valence-corrected chi connectivity index (χ3v) is 7.85. The Morgan fingerprint density at radius 3 is 2.58 bits per heavy atom. The van der Waals surface area contributed by atoms with Crippen LogP contribution in [0.25, 0.3) is 0 Å². The largest absolute Gasteiger partial charge is 0.346 e. The maximum Gasteiger partial charge on any atom is 0.251 e. The van der Waals surface area contributed by atoms with Crippen LogP contribution in [-0.4, -0.2) is 22.5 Å². The summed E-state index contributed by atoms with van der Waals surface area (Å²) in [5, 5.41) is 3.10. The Balaban J connectivity index is 1.26. The summed E-state index contributed by atoms with van der Waals surface area (Å²) in [4.78, 5) is 27.3. The molecule has 2 aliphatic rings. The smallest absolute Gasteiger partial charge is 0.251 e. The molecule has 3 aromatic carbocycles. The van der Waals surface area contributed by atoms with E-state index < -0.39 is 0 Å². The van der Waals surface area contributed by atoms with E-state index in [2.05, 4.69) is 23.5 Å². The van der Waals surface area contributed by atoms with Crippen molar-refractivity contribution in [3.63, 3.8) is 0 Å².